The highest BCUT2D eigenvalue weighted by Crippen LogP contribution is 2.42. The van der Waals surface area contributed by atoms with Gasteiger partial charge in [-0.15, -0.1) is 0 Å². The molecule has 10 nitrogen and oxygen atoms in total. The molecule has 1 aliphatic rings. The first-order chi connectivity index (χ1) is 9.83. The van der Waals surface area contributed by atoms with Crippen molar-refractivity contribution in [3.05, 3.63) is 33.1 Å². The SMILES string of the molecule is O=C[C@@]1(O)[C@@H](CO)O[C@@H](n2ccc(=O)[nH]c2=O)[C@@]1(O)C=O. The Labute approximate surface area is 116 Å². The smallest absolute Gasteiger partial charge is 0.330 e. The molecule has 1 saturated heterocycles. The van der Waals surface area contributed by atoms with Gasteiger partial charge in [-0.05, 0) is 0 Å². The molecule has 2 rings (SSSR count). The van der Waals surface area contributed by atoms with Crippen molar-refractivity contribution in [2.75, 3.05) is 6.61 Å². The Kier molecular flexibility index (Phi) is 3.63. The average molecular weight is 300 g/mol. The molecule has 10 heteroatoms. The third-order valence-electron chi connectivity index (χ3n) is 3.43. The van der Waals surface area contributed by atoms with Crippen LogP contribution in [0.1, 0.15) is 6.23 Å². The number of H-pyrrole nitrogens is 1. The highest BCUT2D eigenvalue weighted by molar-refractivity contribution is 5.80. The van der Waals surface area contributed by atoms with Crippen molar-refractivity contribution in [3.8, 4) is 0 Å². The van der Waals surface area contributed by atoms with Crippen molar-refractivity contribution >= 4 is 12.6 Å². The van der Waals surface area contributed by atoms with E-state index in [2.05, 4.69) is 0 Å². The first-order valence-corrected chi connectivity index (χ1v) is 5.79. The van der Waals surface area contributed by atoms with E-state index in [0.29, 0.717) is 4.57 Å². The molecule has 1 aromatic rings. The average Bonchev–Trinajstić information content (AvgIpc) is 2.69. The van der Waals surface area contributed by atoms with E-state index in [1.807, 2.05) is 4.98 Å². The molecule has 0 amide bonds. The number of nitrogens with one attached hydrogen (secondary N) is 1. The van der Waals surface area contributed by atoms with Gasteiger partial charge in [0.2, 0.25) is 5.60 Å². The molecule has 21 heavy (non-hydrogen) atoms. The molecule has 1 aromatic heterocycles. The van der Waals surface area contributed by atoms with Crippen LogP contribution >= 0.6 is 0 Å². The molecule has 2 heterocycles. The number of rotatable bonds is 4. The van der Waals surface area contributed by atoms with Crippen LogP contribution in [0.3, 0.4) is 0 Å². The standard InChI is InChI=1S/C11H12N2O8/c14-3-6-10(19,4-15)11(20,5-16)8(21-6)13-2-1-7(17)12-9(13)18/h1-2,4-6,8,14,19-20H,3H2,(H,12,17,18)/t6-,8-,10-,11+/m1/s1. The summed E-state index contributed by atoms with van der Waals surface area (Å²) in [7, 11) is 0. The van der Waals surface area contributed by atoms with E-state index in [1.165, 1.54) is 0 Å². The topological polar surface area (TPSA) is 159 Å². The second kappa shape index (κ2) is 5.00. The molecule has 4 N–H and O–H groups in total. The molecule has 0 aromatic carbocycles. The van der Waals surface area contributed by atoms with Gasteiger partial charge >= 0.3 is 5.69 Å². The van der Waals surface area contributed by atoms with E-state index in [1.54, 1.807) is 0 Å². The van der Waals surface area contributed by atoms with E-state index in [-0.39, 0.29) is 12.6 Å². The summed E-state index contributed by atoms with van der Waals surface area (Å²) in [6, 6.07) is 0.919. The van der Waals surface area contributed by atoms with Gasteiger partial charge in [0.15, 0.2) is 24.4 Å². The minimum Gasteiger partial charge on any atom is -0.394 e. The number of ether oxygens (including phenoxy) is 1. The normalized spacial score (nSPS) is 35.6. The Morgan fingerprint density at radius 3 is 2.38 bits per heavy atom. The molecule has 0 unspecified atom stereocenters. The van der Waals surface area contributed by atoms with Crippen LogP contribution in [0.5, 0.6) is 0 Å². The predicted octanol–water partition coefficient (Wildman–Crippen LogP) is -3.71. The molecule has 0 saturated carbocycles. The van der Waals surface area contributed by atoms with Crippen LogP contribution in [-0.4, -0.2) is 61.4 Å². The van der Waals surface area contributed by atoms with Crippen LogP contribution in [0.4, 0.5) is 0 Å². The second-order valence-corrected chi connectivity index (χ2v) is 4.56. The summed E-state index contributed by atoms with van der Waals surface area (Å²) in [6.07, 6.45) is -2.80. The van der Waals surface area contributed by atoms with Crippen molar-refractivity contribution in [2.24, 2.45) is 0 Å². The quantitative estimate of drug-likeness (QED) is 0.413. The Morgan fingerprint density at radius 1 is 1.29 bits per heavy atom. The largest absolute Gasteiger partial charge is 0.394 e. The summed E-state index contributed by atoms with van der Waals surface area (Å²) in [4.78, 5) is 46.9. The Hall–Kier alpha value is -2.14. The number of carbonyl (C=O) groups excluding carboxylic acids is 2. The lowest BCUT2D eigenvalue weighted by atomic mass is 9.82. The van der Waals surface area contributed by atoms with Crippen molar-refractivity contribution in [1.29, 1.82) is 0 Å². The predicted molar refractivity (Wildman–Crippen MR) is 64.3 cm³/mol. The minimum atomic E-state index is -2.82. The minimum absolute atomic E-state index is 0.140. The van der Waals surface area contributed by atoms with Crippen molar-refractivity contribution < 1.29 is 29.6 Å². The summed E-state index contributed by atoms with van der Waals surface area (Å²) >= 11 is 0. The molecule has 4 atom stereocenters. The van der Waals surface area contributed by atoms with Gasteiger partial charge in [0.05, 0.1) is 6.61 Å². The summed E-state index contributed by atoms with van der Waals surface area (Å²) in [6.45, 7) is -0.889. The van der Waals surface area contributed by atoms with Gasteiger partial charge in [0.25, 0.3) is 5.56 Å². The molecular formula is C11H12N2O8. The fourth-order valence-electron chi connectivity index (χ4n) is 2.21. The number of aromatic nitrogens is 2. The maximum atomic E-state index is 11.7. The lowest BCUT2D eigenvalue weighted by Gasteiger charge is -2.32. The molecule has 1 aliphatic heterocycles. The number of aromatic amines is 1. The van der Waals surface area contributed by atoms with Crippen molar-refractivity contribution in [3.63, 3.8) is 0 Å². The van der Waals surface area contributed by atoms with Crippen LogP contribution in [0, 0.1) is 0 Å². The van der Waals surface area contributed by atoms with Crippen molar-refractivity contribution in [1.82, 2.24) is 9.55 Å². The van der Waals surface area contributed by atoms with Gasteiger partial charge in [0.1, 0.15) is 6.10 Å². The monoisotopic (exact) mass is 300 g/mol. The van der Waals surface area contributed by atoms with Gasteiger partial charge in [0, 0.05) is 12.3 Å². The third kappa shape index (κ3) is 1.96. The van der Waals surface area contributed by atoms with E-state index in [0.717, 1.165) is 12.3 Å². The van der Waals surface area contributed by atoms with Gasteiger partial charge in [-0.3, -0.25) is 23.9 Å². The number of aliphatic hydroxyl groups excluding tert-OH is 1. The van der Waals surface area contributed by atoms with Gasteiger partial charge in [-0.25, -0.2) is 4.79 Å². The van der Waals surface area contributed by atoms with E-state index < -0.39 is 41.4 Å². The van der Waals surface area contributed by atoms with Crippen molar-refractivity contribution in [2.45, 2.75) is 23.5 Å². The Morgan fingerprint density at radius 2 is 1.90 bits per heavy atom. The number of hydrogen-bond donors (Lipinski definition) is 4. The van der Waals surface area contributed by atoms with Crippen LogP contribution in [0.25, 0.3) is 0 Å². The van der Waals surface area contributed by atoms with E-state index >= 15 is 0 Å². The lowest BCUT2D eigenvalue weighted by Crippen LogP contribution is -2.61. The molecule has 114 valence electrons. The van der Waals surface area contributed by atoms with Crippen LogP contribution < -0.4 is 11.2 Å². The van der Waals surface area contributed by atoms with Gasteiger partial charge < -0.3 is 20.1 Å². The lowest BCUT2D eigenvalue weighted by molar-refractivity contribution is -0.168. The fourth-order valence-corrected chi connectivity index (χ4v) is 2.21. The Balaban J connectivity index is 2.64. The van der Waals surface area contributed by atoms with Gasteiger partial charge in [-0.2, -0.15) is 0 Å². The molecule has 0 spiro atoms. The molecule has 0 radical (unpaired) electrons. The summed E-state index contributed by atoms with van der Waals surface area (Å²) in [5.74, 6) is 0. The summed E-state index contributed by atoms with van der Waals surface area (Å²) in [5, 5.41) is 29.5. The third-order valence-corrected chi connectivity index (χ3v) is 3.43. The zero-order valence-electron chi connectivity index (χ0n) is 10.5. The van der Waals surface area contributed by atoms with E-state index in [4.69, 9.17) is 9.84 Å². The zero-order valence-corrected chi connectivity index (χ0v) is 10.5. The number of nitrogens with zero attached hydrogens (tertiary/aromatic N) is 1. The van der Waals surface area contributed by atoms with E-state index in [9.17, 15) is 29.4 Å². The molecular weight excluding hydrogens is 288 g/mol. The number of aldehydes is 2. The van der Waals surface area contributed by atoms with Gasteiger partial charge in [-0.1, -0.05) is 0 Å². The van der Waals surface area contributed by atoms with Crippen LogP contribution in [0.2, 0.25) is 0 Å². The Bertz CT molecular complexity index is 681. The second-order valence-electron chi connectivity index (χ2n) is 4.56. The first-order valence-electron chi connectivity index (χ1n) is 5.79. The zero-order chi connectivity index (χ0) is 15.8. The molecule has 0 bridgehead atoms. The number of carbonyl (C=O) groups is 2. The fraction of sp³-hybridized carbons (Fsp3) is 0.455. The summed E-state index contributed by atoms with van der Waals surface area (Å²) in [5.41, 5.74) is -7.32. The number of hydrogen-bond acceptors (Lipinski definition) is 8. The maximum absolute atomic E-state index is 11.7. The summed E-state index contributed by atoms with van der Waals surface area (Å²) < 4.78 is 5.68. The molecule has 1 fully saturated rings. The highest BCUT2D eigenvalue weighted by atomic mass is 16.6. The number of aliphatic hydroxyl groups is 3. The molecule has 0 aliphatic carbocycles. The van der Waals surface area contributed by atoms with Crippen LogP contribution in [0.15, 0.2) is 21.9 Å². The van der Waals surface area contributed by atoms with Crippen LogP contribution in [-0.2, 0) is 14.3 Å². The first kappa shape index (κ1) is 15.3. The highest BCUT2D eigenvalue weighted by Gasteiger charge is 2.67. The maximum Gasteiger partial charge on any atom is 0.330 e.